The topological polar surface area (TPSA) is 25.4 Å². The van der Waals surface area contributed by atoms with Crippen molar-refractivity contribution in [3.63, 3.8) is 0 Å². The van der Waals surface area contributed by atoms with E-state index in [1.54, 1.807) is 0 Å². The van der Waals surface area contributed by atoms with Crippen molar-refractivity contribution in [3.05, 3.63) is 29.6 Å². The molecule has 0 spiro atoms. The van der Waals surface area contributed by atoms with Crippen molar-refractivity contribution >= 4 is 0 Å². The zero-order chi connectivity index (χ0) is 7.26. The highest BCUT2D eigenvalue weighted by atomic mass is 16.6. The first-order valence-electron chi connectivity index (χ1n) is 4.04. The Bertz CT molecular complexity index is 297. The molecule has 1 saturated heterocycles. The van der Waals surface area contributed by atoms with Crippen molar-refractivity contribution in [2.45, 2.75) is 25.0 Å². The molecule has 0 saturated carbocycles. The fourth-order valence-electron chi connectivity index (χ4n) is 1.83. The summed E-state index contributed by atoms with van der Waals surface area (Å²) in [6.07, 6.45) is 5.03. The van der Waals surface area contributed by atoms with Crippen LogP contribution in [0.1, 0.15) is 23.8 Å². The largest absolute Gasteiger partial charge is 0.364 e. The number of nitrogens with zero attached hydrogens (tertiary/aromatic N) is 1. The number of hydrogen-bond acceptors (Lipinski definition) is 2. The Morgan fingerprint density at radius 3 is 3.55 bits per heavy atom. The van der Waals surface area contributed by atoms with Crippen LogP contribution in [-0.4, -0.2) is 11.1 Å². The van der Waals surface area contributed by atoms with Gasteiger partial charge in [-0.1, -0.05) is 6.07 Å². The molecule has 0 radical (unpaired) electrons. The van der Waals surface area contributed by atoms with Gasteiger partial charge in [0, 0.05) is 17.5 Å². The van der Waals surface area contributed by atoms with Crippen LogP contribution in [0.25, 0.3) is 0 Å². The maximum Gasteiger partial charge on any atom is 0.111 e. The third-order valence-electron chi connectivity index (χ3n) is 2.48. The molecular formula is C9H9NO. The molecule has 2 nitrogen and oxygen atoms in total. The molecule has 0 amide bonds. The standard InChI is InChI=1S/C9H9NO/c1-2-6-7(10-5-1)3-4-8-9(6)11-8/h1-2,5,8-9H,3-4H2/t8-,9+/m0/s1. The van der Waals surface area contributed by atoms with Gasteiger partial charge >= 0.3 is 0 Å². The van der Waals surface area contributed by atoms with E-state index < -0.39 is 0 Å². The van der Waals surface area contributed by atoms with Crippen LogP contribution in [0.2, 0.25) is 0 Å². The molecule has 3 rings (SSSR count). The van der Waals surface area contributed by atoms with E-state index in [2.05, 4.69) is 11.1 Å². The van der Waals surface area contributed by atoms with Gasteiger partial charge in [-0.25, -0.2) is 0 Å². The number of ether oxygens (including phenoxy) is 1. The summed E-state index contributed by atoms with van der Waals surface area (Å²) < 4.78 is 5.46. The summed E-state index contributed by atoms with van der Waals surface area (Å²) in [7, 11) is 0. The minimum Gasteiger partial charge on any atom is -0.364 e. The molecule has 1 aromatic rings. The van der Waals surface area contributed by atoms with Gasteiger partial charge in [-0.15, -0.1) is 0 Å². The van der Waals surface area contributed by atoms with Gasteiger partial charge in [0.25, 0.3) is 0 Å². The molecule has 0 unspecified atom stereocenters. The van der Waals surface area contributed by atoms with Crippen molar-refractivity contribution < 1.29 is 4.74 Å². The van der Waals surface area contributed by atoms with Crippen molar-refractivity contribution in [1.29, 1.82) is 0 Å². The minimum absolute atomic E-state index is 0.396. The predicted molar refractivity (Wildman–Crippen MR) is 40.2 cm³/mol. The second kappa shape index (κ2) is 1.83. The summed E-state index contributed by atoms with van der Waals surface area (Å²) in [5.41, 5.74) is 2.56. The lowest BCUT2D eigenvalue weighted by Gasteiger charge is -2.08. The third-order valence-corrected chi connectivity index (χ3v) is 2.48. The van der Waals surface area contributed by atoms with Crippen LogP contribution in [-0.2, 0) is 11.2 Å². The Balaban J connectivity index is 2.14. The smallest absolute Gasteiger partial charge is 0.111 e. The highest BCUT2D eigenvalue weighted by Crippen LogP contribution is 2.45. The van der Waals surface area contributed by atoms with E-state index in [1.165, 1.54) is 11.3 Å². The van der Waals surface area contributed by atoms with Gasteiger partial charge in [0.2, 0.25) is 0 Å². The maximum absolute atomic E-state index is 5.46. The summed E-state index contributed by atoms with van der Waals surface area (Å²) in [6.45, 7) is 0. The van der Waals surface area contributed by atoms with Gasteiger partial charge in [0.15, 0.2) is 0 Å². The number of aromatic nitrogens is 1. The van der Waals surface area contributed by atoms with E-state index in [0.29, 0.717) is 12.2 Å². The van der Waals surface area contributed by atoms with Crippen LogP contribution >= 0.6 is 0 Å². The Morgan fingerprint density at radius 1 is 1.55 bits per heavy atom. The number of pyridine rings is 1. The summed E-state index contributed by atoms with van der Waals surface area (Å²) in [5, 5.41) is 0. The van der Waals surface area contributed by atoms with Crippen molar-refractivity contribution in [1.82, 2.24) is 4.98 Å². The molecule has 1 aliphatic carbocycles. The van der Waals surface area contributed by atoms with Crippen LogP contribution in [0.4, 0.5) is 0 Å². The Kier molecular flexibility index (Phi) is 0.950. The summed E-state index contributed by atoms with van der Waals surface area (Å²) >= 11 is 0. The Hall–Kier alpha value is -0.890. The van der Waals surface area contributed by atoms with E-state index in [0.717, 1.165) is 12.8 Å². The van der Waals surface area contributed by atoms with Gasteiger partial charge in [-0.2, -0.15) is 0 Å². The fourth-order valence-corrected chi connectivity index (χ4v) is 1.83. The lowest BCUT2D eigenvalue weighted by Crippen LogP contribution is -2.05. The SMILES string of the molecule is c1cnc2c(c1)[C@H]1O[C@H]1CC2. The van der Waals surface area contributed by atoms with E-state index in [4.69, 9.17) is 4.74 Å². The molecule has 1 aliphatic heterocycles. The van der Waals surface area contributed by atoms with E-state index in [-0.39, 0.29) is 0 Å². The summed E-state index contributed by atoms with van der Waals surface area (Å²) in [6, 6.07) is 4.12. The Morgan fingerprint density at radius 2 is 2.55 bits per heavy atom. The van der Waals surface area contributed by atoms with Crippen LogP contribution in [0.3, 0.4) is 0 Å². The number of aryl methyl sites for hydroxylation is 1. The molecule has 56 valence electrons. The molecule has 0 aromatic carbocycles. The first-order chi connectivity index (χ1) is 5.45. The van der Waals surface area contributed by atoms with Crippen LogP contribution < -0.4 is 0 Å². The number of rotatable bonds is 0. The van der Waals surface area contributed by atoms with Gasteiger partial charge < -0.3 is 4.74 Å². The van der Waals surface area contributed by atoms with E-state index in [9.17, 15) is 0 Å². The van der Waals surface area contributed by atoms with Gasteiger partial charge in [-0.05, 0) is 18.9 Å². The highest BCUT2D eigenvalue weighted by Gasteiger charge is 2.44. The second-order valence-corrected chi connectivity index (χ2v) is 3.17. The fraction of sp³-hybridized carbons (Fsp3) is 0.444. The first-order valence-corrected chi connectivity index (χ1v) is 4.04. The van der Waals surface area contributed by atoms with Gasteiger partial charge in [0.1, 0.15) is 6.10 Å². The minimum atomic E-state index is 0.396. The quantitative estimate of drug-likeness (QED) is 0.519. The van der Waals surface area contributed by atoms with Crippen LogP contribution in [0.15, 0.2) is 18.3 Å². The van der Waals surface area contributed by atoms with Gasteiger partial charge in [-0.3, -0.25) is 4.98 Å². The lowest BCUT2D eigenvalue weighted by atomic mass is 9.96. The molecule has 2 heterocycles. The molecule has 2 atom stereocenters. The average molecular weight is 147 g/mol. The van der Waals surface area contributed by atoms with E-state index in [1.807, 2.05) is 12.3 Å². The number of hydrogen-bond donors (Lipinski definition) is 0. The first kappa shape index (κ1) is 5.72. The molecule has 2 heteroatoms. The van der Waals surface area contributed by atoms with Gasteiger partial charge in [0.05, 0.1) is 6.10 Å². The lowest BCUT2D eigenvalue weighted by molar-refractivity contribution is 0.373. The summed E-state index contributed by atoms with van der Waals surface area (Å²) in [5.74, 6) is 0. The third kappa shape index (κ3) is 0.730. The Labute approximate surface area is 65.2 Å². The molecule has 1 aromatic heterocycles. The van der Waals surface area contributed by atoms with Crippen molar-refractivity contribution in [3.8, 4) is 0 Å². The summed E-state index contributed by atoms with van der Waals surface area (Å²) in [4.78, 5) is 4.32. The molecule has 1 fully saturated rings. The van der Waals surface area contributed by atoms with Crippen LogP contribution in [0, 0.1) is 0 Å². The second-order valence-electron chi connectivity index (χ2n) is 3.17. The molecule has 0 N–H and O–H groups in total. The normalized spacial score (nSPS) is 32.4. The number of epoxide rings is 1. The van der Waals surface area contributed by atoms with E-state index >= 15 is 0 Å². The highest BCUT2D eigenvalue weighted by molar-refractivity contribution is 5.30. The number of fused-ring (bicyclic) bond motifs is 3. The molecule has 11 heavy (non-hydrogen) atoms. The van der Waals surface area contributed by atoms with Crippen LogP contribution in [0.5, 0.6) is 0 Å². The molecule has 2 aliphatic rings. The zero-order valence-electron chi connectivity index (χ0n) is 6.16. The average Bonchev–Trinajstić information content (AvgIpc) is 2.83. The monoisotopic (exact) mass is 147 g/mol. The molecule has 0 bridgehead atoms. The molecular weight excluding hydrogens is 138 g/mol. The predicted octanol–water partition coefficient (Wildman–Crippen LogP) is 1.47. The van der Waals surface area contributed by atoms with Crippen molar-refractivity contribution in [2.75, 3.05) is 0 Å². The zero-order valence-corrected chi connectivity index (χ0v) is 6.16. The van der Waals surface area contributed by atoms with Crippen molar-refractivity contribution in [2.24, 2.45) is 0 Å². The maximum atomic E-state index is 5.46.